The van der Waals surface area contributed by atoms with Gasteiger partial charge < -0.3 is 33.5 Å². The summed E-state index contributed by atoms with van der Waals surface area (Å²) in [5.41, 5.74) is 6.62. The Hall–Kier alpha value is -5.49. The summed E-state index contributed by atoms with van der Waals surface area (Å²) in [6.45, 7) is 15.4. The molecular formula is C48H58O12. The maximum absolute atomic E-state index is 13.0. The Morgan fingerprint density at radius 1 is 0.583 bits per heavy atom. The van der Waals surface area contributed by atoms with Crippen molar-refractivity contribution in [3.8, 4) is 0 Å². The number of aryl methyl sites for hydroxylation is 4. The van der Waals surface area contributed by atoms with Crippen LogP contribution in [0.5, 0.6) is 0 Å². The number of esters is 2. The molecule has 2 aromatic rings. The number of benzene rings is 2. The second-order valence-corrected chi connectivity index (χ2v) is 16.0. The number of rotatable bonds is 4. The number of cyclic esters (lactones) is 2. The number of ether oxygens (including phenoxy) is 6. The van der Waals surface area contributed by atoms with E-state index in [9.17, 15) is 29.1 Å². The molecule has 0 radical (unpaired) electrons. The van der Waals surface area contributed by atoms with Crippen molar-refractivity contribution in [2.75, 3.05) is 0 Å². The summed E-state index contributed by atoms with van der Waals surface area (Å²) in [6, 6.07) is 8.06. The minimum absolute atomic E-state index is 0.137. The summed E-state index contributed by atoms with van der Waals surface area (Å²) in [4.78, 5) is 61.7. The van der Waals surface area contributed by atoms with Gasteiger partial charge in [-0.1, -0.05) is 107 Å². The Morgan fingerprint density at radius 2 is 1.07 bits per heavy atom. The van der Waals surface area contributed by atoms with Crippen molar-refractivity contribution in [1.29, 1.82) is 0 Å². The van der Waals surface area contributed by atoms with Crippen molar-refractivity contribution in [3.63, 3.8) is 0 Å². The SMILES string of the molecule is CCCc1cc(C)c2c(c1)/C=C/C[C@@H]1OC(=O)O[C@@H]1C(=O)/C=C\[C@@H](C)[C@H](C)OC2=O.CCCc1cc(C)c2c(c1)/C=C/C[C@@H]1OC(=O)O[C@@H]1[C@H](O)/C=C\[C@@H](C)[C@H](C)OC2=O. The van der Waals surface area contributed by atoms with Gasteiger partial charge in [-0.3, -0.25) is 4.79 Å². The van der Waals surface area contributed by atoms with E-state index >= 15 is 0 Å². The molecule has 2 saturated heterocycles. The number of carbonyl (C=O) groups is 5. The molecule has 12 nitrogen and oxygen atoms in total. The van der Waals surface area contributed by atoms with Gasteiger partial charge in [0.25, 0.3) is 0 Å². The highest BCUT2D eigenvalue weighted by Crippen LogP contribution is 2.29. The van der Waals surface area contributed by atoms with Gasteiger partial charge in [0.1, 0.15) is 24.4 Å². The third kappa shape index (κ3) is 11.4. The van der Waals surface area contributed by atoms with Gasteiger partial charge in [0.2, 0.25) is 6.10 Å². The van der Waals surface area contributed by atoms with Crippen LogP contribution in [0, 0.1) is 25.7 Å². The van der Waals surface area contributed by atoms with Crippen molar-refractivity contribution >= 4 is 42.2 Å². The maximum Gasteiger partial charge on any atom is 0.509 e. The molecule has 322 valence electrons. The first-order valence-corrected chi connectivity index (χ1v) is 20.9. The van der Waals surface area contributed by atoms with Gasteiger partial charge >= 0.3 is 24.2 Å². The van der Waals surface area contributed by atoms with E-state index in [-0.39, 0.29) is 29.6 Å². The summed E-state index contributed by atoms with van der Waals surface area (Å²) in [5.74, 6) is -1.44. The van der Waals surface area contributed by atoms with Gasteiger partial charge in [-0.2, -0.15) is 0 Å². The third-order valence-corrected chi connectivity index (χ3v) is 11.2. The minimum atomic E-state index is -1.01. The molecule has 2 aromatic carbocycles. The number of carbonyl (C=O) groups excluding carboxylic acids is 5. The number of ketones is 1. The summed E-state index contributed by atoms with van der Waals surface area (Å²) in [7, 11) is 0. The number of fused-ring (bicyclic) bond motifs is 4. The number of aliphatic hydroxyl groups is 1. The van der Waals surface area contributed by atoms with Gasteiger partial charge in [-0.25, -0.2) is 19.2 Å². The first kappa shape index (κ1) is 45.6. The second-order valence-electron chi connectivity index (χ2n) is 16.0. The zero-order valence-corrected chi connectivity index (χ0v) is 35.8. The second kappa shape index (κ2) is 20.7. The molecule has 60 heavy (non-hydrogen) atoms. The van der Waals surface area contributed by atoms with Gasteiger partial charge in [0.05, 0.1) is 11.1 Å². The fourth-order valence-corrected chi connectivity index (χ4v) is 7.53. The lowest BCUT2D eigenvalue weighted by Crippen LogP contribution is -2.34. The number of hydrogen-bond donors (Lipinski definition) is 1. The van der Waals surface area contributed by atoms with E-state index in [0.717, 1.165) is 59.1 Å². The monoisotopic (exact) mass is 826 g/mol. The van der Waals surface area contributed by atoms with Crippen LogP contribution in [-0.2, 0) is 46.1 Å². The lowest BCUT2D eigenvalue weighted by Gasteiger charge is -2.22. The topological polar surface area (TPSA) is 161 Å². The Morgan fingerprint density at radius 3 is 1.60 bits per heavy atom. The van der Waals surface area contributed by atoms with Crippen LogP contribution in [0.15, 0.2) is 60.7 Å². The molecule has 1 N–H and O–H groups in total. The van der Waals surface area contributed by atoms with E-state index in [1.165, 1.54) is 6.08 Å². The molecule has 0 spiro atoms. The largest absolute Gasteiger partial charge is 0.509 e. The predicted octanol–water partition coefficient (Wildman–Crippen LogP) is 8.94. The Bertz CT molecular complexity index is 2040. The zero-order chi connectivity index (χ0) is 43.7. The standard InChI is InChI=1S/C24H30O6.C24H28O6/c2*1-5-7-17-12-15(3)21-18(13-17)8-6-9-20-22(30-24(27)29-20)19(25)11-10-14(2)16(4)28-23(21)26/h6,8,10-14,16,19-20,22,25H,5,7,9H2,1-4H3;6,8,10-14,16,20,22H,5,7,9H2,1-4H3/b2*8-6+,11-10-/t14-,16+,19-,20+,22-;14-,16+,20+,22-/m11/s1. The lowest BCUT2D eigenvalue weighted by atomic mass is 9.95. The first-order valence-electron chi connectivity index (χ1n) is 20.9. The van der Waals surface area contributed by atoms with Gasteiger partial charge in [0, 0.05) is 24.7 Å². The summed E-state index contributed by atoms with van der Waals surface area (Å²) in [6.07, 6.45) is 11.7. The highest BCUT2D eigenvalue weighted by atomic mass is 16.8. The molecule has 4 aliphatic heterocycles. The van der Waals surface area contributed by atoms with Crippen molar-refractivity contribution in [1.82, 2.24) is 0 Å². The summed E-state index contributed by atoms with van der Waals surface area (Å²) < 4.78 is 32.1. The third-order valence-electron chi connectivity index (χ3n) is 11.2. The van der Waals surface area contributed by atoms with Crippen LogP contribution in [0.25, 0.3) is 12.2 Å². The Kier molecular flexibility index (Phi) is 15.7. The summed E-state index contributed by atoms with van der Waals surface area (Å²) >= 11 is 0. The highest BCUT2D eigenvalue weighted by molar-refractivity contribution is 5.97. The molecule has 0 amide bonds. The van der Waals surface area contributed by atoms with Crippen LogP contribution in [0.4, 0.5) is 9.59 Å². The smallest absolute Gasteiger partial charge is 0.458 e. The van der Waals surface area contributed by atoms with Gasteiger partial charge in [0.15, 0.2) is 18.0 Å². The van der Waals surface area contributed by atoms with Crippen molar-refractivity contribution in [2.24, 2.45) is 11.8 Å². The lowest BCUT2D eigenvalue weighted by molar-refractivity contribution is -0.122. The van der Waals surface area contributed by atoms with E-state index < -0.39 is 55.0 Å². The highest BCUT2D eigenvalue weighted by Gasteiger charge is 2.41. The van der Waals surface area contributed by atoms with Crippen LogP contribution in [0.3, 0.4) is 0 Å². The van der Waals surface area contributed by atoms with E-state index in [1.807, 2.05) is 77.1 Å². The Balaban J connectivity index is 0.000000228. The molecule has 0 saturated carbocycles. The molecule has 0 unspecified atom stereocenters. The fraction of sp³-hybridized carbons (Fsp3) is 0.479. The van der Waals surface area contributed by atoms with E-state index in [4.69, 9.17) is 28.4 Å². The predicted molar refractivity (Wildman–Crippen MR) is 225 cm³/mol. The normalized spacial score (nSPS) is 30.2. The van der Waals surface area contributed by atoms with Crippen LogP contribution in [-0.4, -0.2) is 77.9 Å². The molecule has 12 heteroatoms. The molecule has 4 aliphatic rings. The van der Waals surface area contributed by atoms with Crippen LogP contribution >= 0.6 is 0 Å². The maximum atomic E-state index is 13.0. The number of hydrogen-bond acceptors (Lipinski definition) is 12. The first-order chi connectivity index (χ1) is 28.6. The minimum Gasteiger partial charge on any atom is -0.458 e. The molecule has 2 fully saturated rings. The molecule has 4 heterocycles. The molecule has 0 bridgehead atoms. The molecular weight excluding hydrogens is 769 g/mol. The van der Waals surface area contributed by atoms with Crippen molar-refractivity contribution in [3.05, 3.63) is 105 Å². The fourth-order valence-electron chi connectivity index (χ4n) is 7.53. The average molecular weight is 827 g/mol. The van der Waals surface area contributed by atoms with Crippen LogP contribution in [0.1, 0.15) is 121 Å². The number of aliphatic hydroxyl groups excluding tert-OH is 1. The Labute approximate surface area is 352 Å². The van der Waals surface area contributed by atoms with Crippen LogP contribution in [0.2, 0.25) is 0 Å². The quantitative estimate of drug-likeness (QED) is 0.177. The molecule has 0 aliphatic carbocycles. The molecule has 6 rings (SSSR count). The van der Waals surface area contributed by atoms with Gasteiger partial charge in [-0.05, 0) is 80.0 Å². The van der Waals surface area contributed by atoms with Crippen molar-refractivity contribution in [2.45, 2.75) is 137 Å². The van der Waals surface area contributed by atoms with E-state index in [1.54, 1.807) is 31.2 Å². The molecule has 0 aromatic heterocycles. The molecule has 9 atom stereocenters. The zero-order valence-electron chi connectivity index (χ0n) is 35.8. The van der Waals surface area contributed by atoms with E-state index in [2.05, 4.69) is 13.8 Å². The van der Waals surface area contributed by atoms with Crippen molar-refractivity contribution < 1.29 is 57.5 Å². The average Bonchev–Trinajstić information content (AvgIpc) is 3.76. The van der Waals surface area contributed by atoms with Gasteiger partial charge in [-0.15, -0.1) is 0 Å². The van der Waals surface area contributed by atoms with E-state index in [0.29, 0.717) is 24.0 Å². The summed E-state index contributed by atoms with van der Waals surface area (Å²) in [5, 5.41) is 10.5. The van der Waals surface area contributed by atoms with Crippen LogP contribution < -0.4 is 0 Å².